The average Bonchev–Trinajstić information content (AvgIpc) is 2.73. The van der Waals surface area contributed by atoms with Crippen molar-refractivity contribution in [3.63, 3.8) is 0 Å². The zero-order chi connectivity index (χ0) is 18.9. The first-order valence-electron chi connectivity index (χ1n) is 8.60. The van der Waals surface area contributed by atoms with Gasteiger partial charge in [-0.05, 0) is 41.8 Å². The summed E-state index contributed by atoms with van der Waals surface area (Å²) in [6.45, 7) is 1.11. The van der Waals surface area contributed by atoms with Crippen LogP contribution in [0.1, 0.15) is 21.5 Å². The first kappa shape index (κ1) is 18.3. The van der Waals surface area contributed by atoms with Gasteiger partial charge < -0.3 is 15.4 Å². The van der Waals surface area contributed by atoms with Crippen molar-refractivity contribution in [2.24, 2.45) is 0 Å². The van der Waals surface area contributed by atoms with E-state index in [1.165, 1.54) is 12.4 Å². The largest absolute Gasteiger partial charge is 0.497 e. The summed E-state index contributed by atoms with van der Waals surface area (Å²) < 4.78 is 5.20. The number of hydrogen-bond acceptors (Lipinski definition) is 6. The van der Waals surface area contributed by atoms with Crippen LogP contribution >= 0.6 is 0 Å². The number of pyridine rings is 1. The summed E-state index contributed by atoms with van der Waals surface area (Å²) in [4.78, 5) is 24.6. The Morgan fingerprint density at radius 2 is 1.85 bits per heavy atom. The van der Waals surface area contributed by atoms with Crippen molar-refractivity contribution in [3.8, 4) is 5.75 Å². The molecule has 0 radical (unpaired) electrons. The minimum atomic E-state index is -0.196. The van der Waals surface area contributed by atoms with Gasteiger partial charge in [-0.1, -0.05) is 12.1 Å². The number of ether oxygens (including phenoxy) is 1. The predicted molar refractivity (Wildman–Crippen MR) is 103 cm³/mol. The molecule has 0 atom stereocenters. The molecule has 2 heterocycles. The Bertz CT molecular complexity index is 869. The fourth-order valence-electron chi connectivity index (χ4n) is 2.47. The minimum absolute atomic E-state index is 0.196. The van der Waals surface area contributed by atoms with Crippen LogP contribution in [0.3, 0.4) is 0 Å². The molecule has 3 rings (SSSR count). The van der Waals surface area contributed by atoms with Crippen LogP contribution in [0.2, 0.25) is 0 Å². The predicted octanol–water partition coefficient (Wildman–Crippen LogP) is 2.46. The highest BCUT2D eigenvalue weighted by molar-refractivity contribution is 5.93. The lowest BCUT2D eigenvalue weighted by Gasteiger charge is -2.08. The van der Waals surface area contributed by atoms with Crippen LogP contribution in [0.25, 0.3) is 0 Å². The fraction of sp³-hybridized carbons (Fsp3) is 0.200. The summed E-state index contributed by atoms with van der Waals surface area (Å²) in [7, 11) is 1.64. The third-order valence-corrected chi connectivity index (χ3v) is 3.95. The number of benzene rings is 1. The molecule has 0 saturated carbocycles. The molecule has 0 aliphatic heterocycles. The number of carbonyl (C=O) groups excluding carboxylic acids is 1. The highest BCUT2D eigenvalue weighted by atomic mass is 16.5. The summed E-state index contributed by atoms with van der Waals surface area (Å²) in [5, 5.41) is 5.98. The number of carbonyl (C=O) groups is 1. The Balaban J connectivity index is 1.47. The van der Waals surface area contributed by atoms with E-state index in [-0.39, 0.29) is 5.91 Å². The maximum Gasteiger partial charge on any atom is 0.254 e. The monoisotopic (exact) mass is 363 g/mol. The molecular formula is C20H21N5O2. The molecule has 27 heavy (non-hydrogen) atoms. The second-order valence-corrected chi connectivity index (χ2v) is 5.86. The Labute approximate surface area is 157 Å². The van der Waals surface area contributed by atoms with Gasteiger partial charge >= 0.3 is 0 Å². The number of aromatic nitrogens is 3. The summed E-state index contributed by atoms with van der Waals surface area (Å²) in [6.07, 6.45) is 7.22. The highest BCUT2D eigenvalue weighted by Crippen LogP contribution is 2.12. The Hall–Kier alpha value is -3.48. The molecular weight excluding hydrogens is 342 g/mol. The number of anilines is 1. The molecule has 2 N–H and O–H groups in total. The zero-order valence-corrected chi connectivity index (χ0v) is 15.1. The highest BCUT2D eigenvalue weighted by Gasteiger charge is 2.07. The number of nitrogens with one attached hydrogen (secondary N) is 2. The van der Waals surface area contributed by atoms with E-state index in [0.29, 0.717) is 24.6 Å². The van der Waals surface area contributed by atoms with E-state index in [1.54, 1.807) is 19.5 Å². The van der Waals surface area contributed by atoms with Crippen molar-refractivity contribution in [1.82, 2.24) is 20.3 Å². The first-order chi connectivity index (χ1) is 13.2. The Morgan fingerprint density at radius 3 is 2.59 bits per heavy atom. The van der Waals surface area contributed by atoms with E-state index in [4.69, 9.17) is 4.74 Å². The molecule has 0 unspecified atom stereocenters. The van der Waals surface area contributed by atoms with Crippen LogP contribution in [0.5, 0.6) is 5.75 Å². The lowest BCUT2D eigenvalue weighted by molar-refractivity contribution is 0.0953. The van der Waals surface area contributed by atoms with Crippen molar-refractivity contribution in [1.29, 1.82) is 0 Å². The van der Waals surface area contributed by atoms with Crippen molar-refractivity contribution in [2.45, 2.75) is 13.0 Å². The second-order valence-electron chi connectivity index (χ2n) is 5.86. The molecule has 1 amide bonds. The van der Waals surface area contributed by atoms with Crippen molar-refractivity contribution < 1.29 is 9.53 Å². The number of nitrogens with zero attached hydrogens (tertiary/aromatic N) is 3. The molecule has 0 saturated heterocycles. The third kappa shape index (κ3) is 5.50. The molecule has 7 nitrogen and oxygen atoms in total. The molecule has 7 heteroatoms. The fourth-order valence-corrected chi connectivity index (χ4v) is 2.47. The van der Waals surface area contributed by atoms with E-state index < -0.39 is 0 Å². The van der Waals surface area contributed by atoms with E-state index in [2.05, 4.69) is 25.6 Å². The molecule has 2 aromatic heterocycles. The minimum Gasteiger partial charge on any atom is -0.497 e. The van der Waals surface area contributed by atoms with E-state index in [1.807, 2.05) is 36.4 Å². The van der Waals surface area contributed by atoms with Gasteiger partial charge in [-0.2, -0.15) is 0 Å². The molecule has 0 aliphatic carbocycles. The standard InChI is InChI=1S/C20H21N5O2/c1-27-18-4-2-3-15(11-18)7-10-22-19(26)17-13-24-20(25-14-17)23-12-16-5-8-21-9-6-16/h2-6,8-9,11,13-14H,7,10,12H2,1H3,(H,22,26)(H,23,24,25). The SMILES string of the molecule is COc1cccc(CCNC(=O)c2cnc(NCc3ccncc3)nc2)c1. The lowest BCUT2D eigenvalue weighted by atomic mass is 10.1. The van der Waals surface area contributed by atoms with E-state index >= 15 is 0 Å². The van der Waals surface area contributed by atoms with Gasteiger partial charge in [0.15, 0.2) is 0 Å². The number of methoxy groups -OCH3 is 1. The van der Waals surface area contributed by atoms with E-state index in [9.17, 15) is 4.79 Å². The van der Waals surface area contributed by atoms with Crippen LogP contribution < -0.4 is 15.4 Å². The molecule has 0 spiro atoms. The van der Waals surface area contributed by atoms with Crippen LogP contribution in [-0.2, 0) is 13.0 Å². The van der Waals surface area contributed by atoms with Gasteiger partial charge in [0.1, 0.15) is 5.75 Å². The Morgan fingerprint density at radius 1 is 1.07 bits per heavy atom. The lowest BCUT2D eigenvalue weighted by Crippen LogP contribution is -2.26. The summed E-state index contributed by atoms with van der Waals surface area (Å²) in [5.41, 5.74) is 2.60. The van der Waals surface area contributed by atoms with Crippen molar-refractivity contribution in [3.05, 3.63) is 77.9 Å². The van der Waals surface area contributed by atoms with Crippen molar-refractivity contribution >= 4 is 11.9 Å². The third-order valence-electron chi connectivity index (χ3n) is 3.95. The maximum atomic E-state index is 12.2. The van der Waals surface area contributed by atoms with Crippen LogP contribution in [0.4, 0.5) is 5.95 Å². The van der Waals surface area contributed by atoms with Gasteiger partial charge in [-0.3, -0.25) is 9.78 Å². The number of amides is 1. The van der Waals surface area contributed by atoms with Crippen molar-refractivity contribution in [2.75, 3.05) is 19.0 Å². The molecule has 1 aromatic carbocycles. The number of hydrogen-bond donors (Lipinski definition) is 2. The molecule has 0 aliphatic rings. The van der Waals surface area contributed by atoms with E-state index in [0.717, 1.165) is 23.3 Å². The smallest absolute Gasteiger partial charge is 0.254 e. The van der Waals surface area contributed by atoms with Crippen LogP contribution in [-0.4, -0.2) is 34.5 Å². The van der Waals surface area contributed by atoms with Crippen LogP contribution in [0.15, 0.2) is 61.2 Å². The second kappa shape index (κ2) is 9.28. The van der Waals surface area contributed by atoms with Gasteiger partial charge in [0.2, 0.25) is 5.95 Å². The summed E-state index contributed by atoms with van der Waals surface area (Å²) in [5.74, 6) is 1.08. The van der Waals surface area contributed by atoms with Gasteiger partial charge in [0.05, 0.1) is 12.7 Å². The van der Waals surface area contributed by atoms with Crippen LogP contribution in [0, 0.1) is 0 Å². The molecule has 0 fully saturated rings. The molecule has 3 aromatic rings. The molecule has 0 bridgehead atoms. The van der Waals surface area contributed by atoms with Gasteiger partial charge in [-0.25, -0.2) is 9.97 Å². The number of rotatable bonds is 8. The first-order valence-corrected chi connectivity index (χ1v) is 8.60. The summed E-state index contributed by atoms with van der Waals surface area (Å²) in [6, 6.07) is 11.6. The van der Waals surface area contributed by atoms with Gasteiger partial charge in [0, 0.05) is 37.9 Å². The Kier molecular flexibility index (Phi) is 6.30. The average molecular weight is 363 g/mol. The summed E-state index contributed by atoms with van der Waals surface area (Å²) >= 11 is 0. The topological polar surface area (TPSA) is 89.0 Å². The zero-order valence-electron chi connectivity index (χ0n) is 15.1. The maximum absolute atomic E-state index is 12.2. The van der Waals surface area contributed by atoms with Gasteiger partial charge in [-0.15, -0.1) is 0 Å². The molecule has 138 valence electrons. The normalized spacial score (nSPS) is 10.3. The quantitative estimate of drug-likeness (QED) is 0.639. The van der Waals surface area contributed by atoms with Gasteiger partial charge in [0.25, 0.3) is 5.91 Å².